The number of aryl methyl sites for hydroxylation is 2. The van der Waals surface area contributed by atoms with Gasteiger partial charge in [-0.05, 0) is 51.7 Å². The second-order valence-electron chi connectivity index (χ2n) is 11.0. The van der Waals surface area contributed by atoms with Gasteiger partial charge in [-0.1, -0.05) is 83.4 Å². The second-order valence-corrected chi connectivity index (χ2v) is 13.1. The van der Waals surface area contributed by atoms with Crippen molar-refractivity contribution in [3.63, 3.8) is 0 Å². The molecule has 3 rings (SSSR count). The quantitative estimate of drug-likeness (QED) is 0.132. The van der Waals surface area contributed by atoms with Crippen molar-refractivity contribution in [2.75, 3.05) is 10.6 Å². The molecule has 0 radical (unpaired) electrons. The third kappa shape index (κ3) is 13.4. The minimum Gasteiger partial charge on any atom is -0.444 e. The SMILES string of the molecule is C=C/C=C\C=C(/C)CC(=O)Nc1nnc(CCCCc2nnc(NC(=O)Cc3cccc(CNC(=O)OC(C)(C)C)c3)s2)s1. The number of carbonyl (C=O) groups is 3. The summed E-state index contributed by atoms with van der Waals surface area (Å²) in [6, 6.07) is 7.46. The molecule has 234 valence electrons. The van der Waals surface area contributed by atoms with E-state index >= 15 is 0 Å². The van der Waals surface area contributed by atoms with Gasteiger partial charge in [0, 0.05) is 25.8 Å². The van der Waals surface area contributed by atoms with Crippen LogP contribution in [0.4, 0.5) is 15.1 Å². The first-order chi connectivity index (χ1) is 21.0. The Morgan fingerprint density at radius 2 is 1.52 bits per heavy atom. The van der Waals surface area contributed by atoms with Crippen LogP contribution in [0.5, 0.6) is 0 Å². The molecule has 0 atom stereocenters. The number of nitrogens with zero attached hydrogens (tertiary/aromatic N) is 4. The van der Waals surface area contributed by atoms with Gasteiger partial charge in [-0.3, -0.25) is 9.59 Å². The molecular weight excluding hydrogens is 599 g/mol. The molecule has 1 aromatic carbocycles. The molecule has 0 bridgehead atoms. The van der Waals surface area contributed by atoms with Gasteiger partial charge in [0.05, 0.1) is 6.42 Å². The molecule has 3 aromatic rings. The average molecular weight is 638 g/mol. The van der Waals surface area contributed by atoms with Crippen molar-refractivity contribution in [2.45, 2.75) is 78.4 Å². The van der Waals surface area contributed by atoms with Gasteiger partial charge in [0.1, 0.15) is 15.6 Å². The fourth-order valence-corrected chi connectivity index (χ4v) is 5.42. The van der Waals surface area contributed by atoms with Crippen LogP contribution in [0.1, 0.15) is 68.1 Å². The topological polar surface area (TPSA) is 148 Å². The van der Waals surface area contributed by atoms with Crippen LogP contribution < -0.4 is 16.0 Å². The van der Waals surface area contributed by atoms with Crippen LogP contribution in [-0.4, -0.2) is 43.9 Å². The minimum atomic E-state index is -0.568. The maximum absolute atomic E-state index is 12.6. The number of allylic oxidation sites excluding steroid dienone is 4. The fraction of sp³-hybridized carbons (Fsp3) is 0.387. The average Bonchev–Trinajstić information content (AvgIpc) is 3.58. The highest BCUT2D eigenvalue weighted by molar-refractivity contribution is 7.15. The maximum atomic E-state index is 12.6. The Bertz CT molecular complexity index is 1490. The largest absolute Gasteiger partial charge is 0.444 e. The monoisotopic (exact) mass is 637 g/mol. The number of anilines is 2. The van der Waals surface area contributed by atoms with Gasteiger partial charge in [0.15, 0.2) is 0 Å². The van der Waals surface area contributed by atoms with Crippen molar-refractivity contribution in [1.29, 1.82) is 0 Å². The normalized spacial score (nSPS) is 11.8. The Morgan fingerprint density at radius 1 is 0.909 bits per heavy atom. The number of hydrogen-bond acceptors (Lipinski definition) is 10. The Kier molecular flexibility index (Phi) is 13.4. The van der Waals surface area contributed by atoms with E-state index in [2.05, 4.69) is 42.9 Å². The zero-order valence-corrected chi connectivity index (χ0v) is 27.1. The third-order valence-corrected chi connectivity index (χ3v) is 7.51. The number of ether oxygens (including phenoxy) is 1. The summed E-state index contributed by atoms with van der Waals surface area (Å²) in [4.78, 5) is 36.7. The van der Waals surface area contributed by atoms with Gasteiger partial charge in [0.25, 0.3) is 0 Å². The Labute approximate surface area is 265 Å². The zero-order valence-electron chi connectivity index (χ0n) is 25.5. The smallest absolute Gasteiger partial charge is 0.407 e. The van der Waals surface area contributed by atoms with E-state index in [1.54, 1.807) is 32.9 Å². The lowest BCUT2D eigenvalue weighted by atomic mass is 10.1. The molecule has 2 aromatic heterocycles. The first-order valence-corrected chi connectivity index (χ1v) is 15.9. The van der Waals surface area contributed by atoms with Crippen LogP contribution in [0.3, 0.4) is 0 Å². The molecule has 0 unspecified atom stereocenters. The molecule has 0 aliphatic heterocycles. The van der Waals surface area contributed by atoms with E-state index in [1.807, 2.05) is 43.3 Å². The summed E-state index contributed by atoms with van der Waals surface area (Å²) in [5.41, 5.74) is 2.05. The summed E-state index contributed by atoms with van der Waals surface area (Å²) in [5.74, 6) is -0.325. The molecule has 0 fully saturated rings. The number of hydrogen-bond donors (Lipinski definition) is 3. The molecule has 0 spiro atoms. The van der Waals surface area contributed by atoms with Crippen molar-refractivity contribution in [1.82, 2.24) is 25.7 Å². The Hall–Kier alpha value is -4.23. The van der Waals surface area contributed by atoms with Crippen molar-refractivity contribution in [3.8, 4) is 0 Å². The van der Waals surface area contributed by atoms with Crippen LogP contribution in [0, 0.1) is 0 Å². The van der Waals surface area contributed by atoms with Gasteiger partial charge < -0.3 is 20.7 Å². The molecule has 0 saturated heterocycles. The number of carbonyl (C=O) groups excluding carboxylic acids is 3. The molecule has 3 amide bonds. The lowest BCUT2D eigenvalue weighted by Gasteiger charge is -2.19. The highest BCUT2D eigenvalue weighted by Crippen LogP contribution is 2.21. The number of unbranched alkanes of at least 4 members (excludes halogenated alkanes) is 1. The van der Waals surface area contributed by atoms with Crippen molar-refractivity contribution in [2.24, 2.45) is 0 Å². The molecular formula is C31H39N7O4S2. The molecule has 2 heterocycles. The predicted octanol–water partition coefficient (Wildman–Crippen LogP) is 6.18. The second kappa shape index (κ2) is 17.2. The zero-order chi connectivity index (χ0) is 32.0. The Morgan fingerprint density at radius 3 is 2.14 bits per heavy atom. The van der Waals surface area contributed by atoms with E-state index in [9.17, 15) is 14.4 Å². The lowest BCUT2D eigenvalue weighted by molar-refractivity contribution is -0.116. The highest BCUT2D eigenvalue weighted by Gasteiger charge is 2.16. The van der Waals surface area contributed by atoms with Gasteiger partial charge >= 0.3 is 6.09 Å². The van der Waals surface area contributed by atoms with Crippen LogP contribution in [0.15, 0.2) is 60.7 Å². The molecule has 3 N–H and O–H groups in total. The predicted molar refractivity (Wildman–Crippen MR) is 175 cm³/mol. The van der Waals surface area contributed by atoms with E-state index in [-0.39, 0.29) is 24.7 Å². The summed E-state index contributed by atoms with van der Waals surface area (Å²) >= 11 is 2.73. The molecule has 44 heavy (non-hydrogen) atoms. The maximum Gasteiger partial charge on any atom is 0.407 e. The first-order valence-electron chi connectivity index (χ1n) is 14.2. The van der Waals surface area contributed by atoms with E-state index in [0.717, 1.165) is 52.4 Å². The summed E-state index contributed by atoms with van der Waals surface area (Å²) in [6.45, 7) is 11.2. The number of aromatic nitrogens is 4. The lowest BCUT2D eigenvalue weighted by Crippen LogP contribution is -2.32. The van der Waals surface area contributed by atoms with Gasteiger partial charge in [-0.2, -0.15) is 0 Å². The van der Waals surface area contributed by atoms with Crippen LogP contribution in [0.25, 0.3) is 0 Å². The molecule has 0 aliphatic rings. The van der Waals surface area contributed by atoms with Crippen LogP contribution in [0.2, 0.25) is 0 Å². The fourth-order valence-electron chi connectivity index (χ4n) is 3.82. The number of rotatable bonds is 15. The van der Waals surface area contributed by atoms with E-state index in [1.165, 1.54) is 22.7 Å². The molecule has 0 aliphatic carbocycles. The minimum absolute atomic E-state index is 0.131. The molecule has 13 heteroatoms. The summed E-state index contributed by atoms with van der Waals surface area (Å²) in [6.07, 6.45) is 10.4. The van der Waals surface area contributed by atoms with Crippen LogP contribution >= 0.6 is 22.7 Å². The Balaban J connectivity index is 1.36. The number of benzene rings is 1. The van der Waals surface area contributed by atoms with Gasteiger partial charge in [0.2, 0.25) is 22.1 Å². The molecule has 11 nitrogen and oxygen atoms in total. The summed E-state index contributed by atoms with van der Waals surface area (Å²) in [7, 11) is 0. The molecule has 0 saturated carbocycles. The highest BCUT2D eigenvalue weighted by atomic mass is 32.1. The number of alkyl carbamates (subject to hydrolysis) is 1. The van der Waals surface area contributed by atoms with E-state index < -0.39 is 11.7 Å². The van der Waals surface area contributed by atoms with Gasteiger partial charge in [-0.25, -0.2) is 4.79 Å². The van der Waals surface area contributed by atoms with E-state index in [4.69, 9.17) is 4.74 Å². The summed E-state index contributed by atoms with van der Waals surface area (Å²) < 4.78 is 5.26. The van der Waals surface area contributed by atoms with E-state index in [0.29, 0.717) is 16.8 Å². The standard InChI is InChI=1S/C31H39N7O4S2/c1-6-7-8-12-21(2)17-24(39)33-28-37-35-26(43-28)15-9-10-16-27-36-38-29(44-27)34-25(40)19-22-13-11-14-23(18-22)20-32-30(41)42-31(3,4)5/h6-8,11-14,18H,1,9-10,15-17,19-20H2,2-5H3,(H,32,41)(H,33,37,39)(H,34,38,40)/b8-7-,21-12+. The van der Waals surface area contributed by atoms with Crippen LogP contribution in [-0.2, 0) is 40.1 Å². The summed E-state index contributed by atoms with van der Waals surface area (Å²) in [5, 5.41) is 27.6. The number of amides is 3. The first kappa shape index (κ1) is 34.3. The van der Waals surface area contributed by atoms with Gasteiger partial charge in [-0.15, -0.1) is 20.4 Å². The van der Waals surface area contributed by atoms with Crippen molar-refractivity contribution < 1.29 is 19.1 Å². The third-order valence-electron chi connectivity index (χ3n) is 5.72. The van der Waals surface area contributed by atoms with Crippen molar-refractivity contribution in [3.05, 3.63) is 81.9 Å². The van der Waals surface area contributed by atoms with Crippen molar-refractivity contribution >= 4 is 50.8 Å². The number of nitrogens with one attached hydrogen (secondary N) is 3.